The molecule has 1 amide bonds. The van der Waals surface area contributed by atoms with Crippen molar-refractivity contribution in [2.45, 2.75) is 13.5 Å². The van der Waals surface area contributed by atoms with Crippen molar-refractivity contribution in [3.05, 3.63) is 78.5 Å². The molecular weight excluding hydrogens is 334 g/mol. The van der Waals surface area contributed by atoms with Gasteiger partial charge in [0.25, 0.3) is 0 Å². The average molecular weight is 359 g/mol. The molecule has 0 unspecified atom stereocenters. The van der Waals surface area contributed by atoms with Crippen molar-refractivity contribution in [3.63, 3.8) is 0 Å². The third-order valence-corrected chi connectivity index (χ3v) is 4.45. The molecule has 0 saturated carbocycles. The van der Waals surface area contributed by atoms with Gasteiger partial charge in [0.05, 0.1) is 5.69 Å². The van der Waals surface area contributed by atoms with E-state index < -0.39 is 0 Å². The van der Waals surface area contributed by atoms with Crippen LogP contribution in [0.4, 0.5) is 5.69 Å². The van der Waals surface area contributed by atoms with Crippen LogP contribution in [-0.2, 0) is 11.3 Å². The number of carbonyl (C=O) groups excluding carboxylic acids is 1. The van der Waals surface area contributed by atoms with Crippen molar-refractivity contribution in [1.82, 2.24) is 9.88 Å². The standard InChI is InChI=1S/C23H25N3O/c1-5-22(27)25-21-14-18(10-9-16(21)2)20-11-12-24-23(20)19-8-6-7-17(13-19)15-26(3)4/h5-14,24H,1,15H2,2-4H3,(H,25,27). The summed E-state index contributed by atoms with van der Waals surface area (Å²) >= 11 is 0. The summed E-state index contributed by atoms with van der Waals surface area (Å²) in [5, 5.41) is 2.88. The highest BCUT2D eigenvalue weighted by molar-refractivity contribution is 6.00. The van der Waals surface area contributed by atoms with Crippen LogP contribution in [0.25, 0.3) is 22.4 Å². The number of nitrogens with zero attached hydrogens (tertiary/aromatic N) is 1. The Hall–Kier alpha value is -3.11. The van der Waals surface area contributed by atoms with Gasteiger partial charge in [0.2, 0.25) is 5.91 Å². The molecule has 4 nitrogen and oxygen atoms in total. The van der Waals surface area contributed by atoms with Crippen molar-refractivity contribution in [1.29, 1.82) is 0 Å². The fraction of sp³-hybridized carbons (Fsp3) is 0.174. The summed E-state index contributed by atoms with van der Waals surface area (Å²) in [5.41, 5.74) is 7.44. The maximum Gasteiger partial charge on any atom is 0.247 e. The third-order valence-electron chi connectivity index (χ3n) is 4.45. The monoisotopic (exact) mass is 359 g/mol. The highest BCUT2D eigenvalue weighted by Gasteiger charge is 2.11. The smallest absolute Gasteiger partial charge is 0.247 e. The first-order chi connectivity index (χ1) is 13.0. The minimum Gasteiger partial charge on any atom is -0.361 e. The molecule has 0 fully saturated rings. The number of H-pyrrole nitrogens is 1. The van der Waals surface area contributed by atoms with Crippen LogP contribution < -0.4 is 5.32 Å². The molecule has 27 heavy (non-hydrogen) atoms. The van der Waals surface area contributed by atoms with Crippen LogP contribution in [0, 0.1) is 6.92 Å². The van der Waals surface area contributed by atoms with Gasteiger partial charge in [0.1, 0.15) is 0 Å². The molecule has 0 bridgehead atoms. The number of benzene rings is 2. The quantitative estimate of drug-likeness (QED) is 0.619. The number of aryl methyl sites for hydroxylation is 1. The average Bonchev–Trinajstić information content (AvgIpc) is 3.13. The zero-order chi connectivity index (χ0) is 19.4. The molecule has 0 atom stereocenters. The van der Waals surface area contributed by atoms with E-state index in [0.717, 1.165) is 40.2 Å². The van der Waals surface area contributed by atoms with Gasteiger partial charge in [-0.25, -0.2) is 0 Å². The van der Waals surface area contributed by atoms with E-state index in [1.165, 1.54) is 11.6 Å². The van der Waals surface area contributed by atoms with Crippen LogP contribution in [0.3, 0.4) is 0 Å². The molecule has 4 heteroatoms. The van der Waals surface area contributed by atoms with Crippen molar-refractivity contribution in [2.75, 3.05) is 19.4 Å². The number of hydrogen-bond acceptors (Lipinski definition) is 2. The zero-order valence-corrected chi connectivity index (χ0v) is 16.0. The van der Waals surface area contributed by atoms with Crippen molar-refractivity contribution >= 4 is 11.6 Å². The van der Waals surface area contributed by atoms with Gasteiger partial charge in [-0.15, -0.1) is 0 Å². The number of hydrogen-bond donors (Lipinski definition) is 2. The van der Waals surface area contributed by atoms with Gasteiger partial charge in [-0.1, -0.05) is 36.9 Å². The lowest BCUT2D eigenvalue weighted by Crippen LogP contribution is -2.10. The van der Waals surface area contributed by atoms with E-state index >= 15 is 0 Å². The summed E-state index contributed by atoms with van der Waals surface area (Å²) in [4.78, 5) is 17.2. The Morgan fingerprint density at radius 2 is 1.96 bits per heavy atom. The lowest BCUT2D eigenvalue weighted by atomic mass is 9.98. The fourth-order valence-electron chi connectivity index (χ4n) is 3.15. The summed E-state index contributed by atoms with van der Waals surface area (Å²) in [6.45, 7) is 6.39. The van der Waals surface area contributed by atoms with E-state index in [9.17, 15) is 4.79 Å². The summed E-state index contributed by atoms with van der Waals surface area (Å²) < 4.78 is 0. The van der Waals surface area contributed by atoms with E-state index in [2.05, 4.69) is 72.3 Å². The van der Waals surface area contributed by atoms with Gasteiger partial charge in [-0.2, -0.15) is 0 Å². The Balaban J connectivity index is 1.99. The van der Waals surface area contributed by atoms with Gasteiger partial charge in [-0.3, -0.25) is 4.79 Å². The van der Waals surface area contributed by atoms with Crippen LogP contribution in [-0.4, -0.2) is 29.9 Å². The van der Waals surface area contributed by atoms with Gasteiger partial charge in [0.15, 0.2) is 0 Å². The lowest BCUT2D eigenvalue weighted by molar-refractivity contribution is -0.111. The maximum absolute atomic E-state index is 11.7. The lowest BCUT2D eigenvalue weighted by Gasteiger charge is -2.12. The highest BCUT2D eigenvalue weighted by Crippen LogP contribution is 2.33. The molecule has 138 valence electrons. The molecule has 3 rings (SSSR count). The highest BCUT2D eigenvalue weighted by atomic mass is 16.1. The van der Waals surface area contributed by atoms with E-state index in [1.54, 1.807) is 0 Å². The summed E-state index contributed by atoms with van der Waals surface area (Å²) in [6.07, 6.45) is 3.23. The number of carbonyl (C=O) groups is 1. The predicted molar refractivity (Wildman–Crippen MR) is 113 cm³/mol. The largest absolute Gasteiger partial charge is 0.361 e. The van der Waals surface area contributed by atoms with Crippen LogP contribution in [0.5, 0.6) is 0 Å². The molecule has 0 radical (unpaired) electrons. The molecule has 0 aliphatic carbocycles. The number of nitrogens with one attached hydrogen (secondary N) is 2. The Morgan fingerprint density at radius 3 is 2.70 bits per heavy atom. The first-order valence-corrected chi connectivity index (χ1v) is 8.94. The maximum atomic E-state index is 11.7. The number of anilines is 1. The summed E-state index contributed by atoms with van der Waals surface area (Å²) in [6, 6.07) is 16.7. The van der Waals surface area contributed by atoms with Gasteiger partial charge < -0.3 is 15.2 Å². The van der Waals surface area contributed by atoms with Crippen molar-refractivity contribution < 1.29 is 4.79 Å². The predicted octanol–water partition coefficient (Wildman–Crippen LogP) is 4.84. The number of aromatic nitrogens is 1. The minimum absolute atomic E-state index is 0.207. The second-order valence-corrected chi connectivity index (χ2v) is 6.93. The first kappa shape index (κ1) is 18.7. The van der Waals surface area contributed by atoms with Gasteiger partial charge in [-0.05, 0) is 67.5 Å². The molecule has 1 heterocycles. The van der Waals surface area contributed by atoms with E-state index in [0.29, 0.717) is 0 Å². The van der Waals surface area contributed by atoms with Crippen LogP contribution in [0.2, 0.25) is 0 Å². The Morgan fingerprint density at radius 1 is 1.15 bits per heavy atom. The minimum atomic E-state index is -0.207. The topological polar surface area (TPSA) is 48.1 Å². The molecule has 0 aliphatic rings. The molecule has 3 aromatic rings. The van der Waals surface area contributed by atoms with Gasteiger partial charge >= 0.3 is 0 Å². The Bertz CT molecular complexity index is 969. The molecule has 0 spiro atoms. The zero-order valence-electron chi connectivity index (χ0n) is 16.0. The molecule has 2 aromatic carbocycles. The number of rotatable bonds is 6. The fourth-order valence-corrected chi connectivity index (χ4v) is 3.15. The SMILES string of the molecule is C=CC(=O)Nc1cc(-c2cc[nH]c2-c2cccc(CN(C)C)c2)ccc1C. The van der Waals surface area contributed by atoms with E-state index in [1.807, 2.05) is 25.3 Å². The molecule has 0 aliphatic heterocycles. The second-order valence-electron chi connectivity index (χ2n) is 6.93. The molecule has 1 aromatic heterocycles. The van der Waals surface area contributed by atoms with E-state index in [-0.39, 0.29) is 5.91 Å². The van der Waals surface area contributed by atoms with Gasteiger partial charge in [0, 0.05) is 24.0 Å². The first-order valence-electron chi connectivity index (χ1n) is 8.94. The Kier molecular flexibility index (Phi) is 5.57. The molecular formula is C23H25N3O. The normalized spacial score (nSPS) is 10.8. The number of aromatic amines is 1. The summed E-state index contributed by atoms with van der Waals surface area (Å²) in [7, 11) is 4.14. The van der Waals surface area contributed by atoms with E-state index in [4.69, 9.17) is 0 Å². The third kappa shape index (κ3) is 4.36. The Labute approximate surface area is 160 Å². The van der Waals surface area contributed by atoms with Crippen LogP contribution in [0.1, 0.15) is 11.1 Å². The van der Waals surface area contributed by atoms with Crippen molar-refractivity contribution in [3.8, 4) is 22.4 Å². The second kappa shape index (κ2) is 8.06. The van der Waals surface area contributed by atoms with Crippen LogP contribution in [0.15, 0.2) is 67.4 Å². The van der Waals surface area contributed by atoms with Crippen LogP contribution >= 0.6 is 0 Å². The summed E-state index contributed by atoms with van der Waals surface area (Å²) in [5.74, 6) is -0.207. The number of amides is 1. The molecule has 0 saturated heterocycles. The molecule has 2 N–H and O–H groups in total. The van der Waals surface area contributed by atoms with Crippen molar-refractivity contribution in [2.24, 2.45) is 0 Å².